The van der Waals surface area contributed by atoms with E-state index in [1.54, 1.807) is 18.2 Å². The molecule has 0 aliphatic heterocycles. The maximum absolute atomic E-state index is 10.4. The topological polar surface area (TPSA) is 43.1 Å². The van der Waals surface area contributed by atoms with Crippen molar-refractivity contribution in [3.8, 4) is 0 Å². The number of hydrogen-bond acceptors (Lipinski definition) is 2. The lowest BCUT2D eigenvalue weighted by Gasteiger charge is -1.92. The summed E-state index contributed by atoms with van der Waals surface area (Å²) in [4.78, 5) is 9.95. The van der Waals surface area contributed by atoms with Crippen LogP contribution in [0.5, 0.6) is 0 Å². The molecule has 0 unspecified atom stereocenters. The molecule has 0 atom stereocenters. The highest BCUT2D eigenvalue weighted by Crippen LogP contribution is 2.13. The van der Waals surface area contributed by atoms with Crippen molar-refractivity contribution < 1.29 is 4.92 Å². The van der Waals surface area contributed by atoms with E-state index in [1.165, 1.54) is 18.2 Å². The molecule has 0 heterocycles. The van der Waals surface area contributed by atoms with Crippen LogP contribution < -0.4 is 0 Å². The lowest BCUT2D eigenvalue weighted by molar-refractivity contribution is -0.384. The van der Waals surface area contributed by atoms with E-state index < -0.39 is 4.92 Å². The van der Waals surface area contributed by atoms with Gasteiger partial charge in [-0.2, -0.15) is 0 Å². The van der Waals surface area contributed by atoms with Crippen molar-refractivity contribution in [1.82, 2.24) is 0 Å². The highest BCUT2D eigenvalue weighted by atomic mass is 16.6. The van der Waals surface area contributed by atoms with E-state index in [9.17, 15) is 10.1 Å². The van der Waals surface area contributed by atoms with Crippen molar-refractivity contribution in [3.05, 3.63) is 58.7 Å². The van der Waals surface area contributed by atoms with Gasteiger partial charge in [-0.25, -0.2) is 0 Å². The molecule has 13 heavy (non-hydrogen) atoms. The Morgan fingerprint density at radius 1 is 1.54 bits per heavy atom. The maximum atomic E-state index is 10.4. The molecule has 1 aromatic rings. The smallest absolute Gasteiger partial charge is 0.258 e. The van der Waals surface area contributed by atoms with Crippen LogP contribution in [0.3, 0.4) is 0 Å². The van der Waals surface area contributed by atoms with E-state index in [2.05, 4.69) is 12.7 Å². The van der Waals surface area contributed by atoms with Gasteiger partial charge in [0, 0.05) is 12.1 Å². The predicted molar refractivity (Wildman–Crippen MR) is 51.0 cm³/mol. The summed E-state index contributed by atoms with van der Waals surface area (Å²) in [6, 6.07) is 6.33. The van der Waals surface area contributed by atoms with E-state index in [-0.39, 0.29) is 5.69 Å². The number of nitro groups is 1. The minimum absolute atomic E-state index is 0.0830. The van der Waals surface area contributed by atoms with E-state index in [1.807, 2.05) is 0 Å². The summed E-state index contributed by atoms with van der Waals surface area (Å²) in [5, 5.41) is 10.4. The Morgan fingerprint density at radius 2 is 2.31 bits per heavy atom. The Kier molecular flexibility index (Phi) is 2.97. The summed E-state index contributed by atoms with van der Waals surface area (Å²) in [6.45, 7) is 3.46. The van der Waals surface area contributed by atoms with Gasteiger partial charge in [0.25, 0.3) is 5.69 Å². The van der Waals surface area contributed by atoms with Crippen LogP contribution in [0.1, 0.15) is 5.56 Å². The first-order chi connectivity index (χ1) is 6.24. The molecule has 0 fully saturated rings. The van der Waals surface area contributed by atoms with Crippen molar-refractivity contribution in [3.63, 3.8) is 0 Å². The maximum Gasteiger partial charge on any atom is 0.270 e. The Labute approximate surface area is 76.2 Å². The van der Waals surface area contributed by atoms with Crippen LogP contribution in [-0.4, -0.2) is 4.92 Å². The fourth-order valence-electron chi connectivity index (χ4n) is 0.883. The van der Waals surface area contributed by atoms with Gasteiger partial charge in [0.15, 0.2) is 0 Å². The van der Waals surface area contributed by atoms with Crippen LogP contribution in [0.4, 0.5) is 5.69 Å². The summed E-state index contributed by atoms with van der Waals surface area (Å²) in [7, 11) is 0. The Morgan fingerprint density at radius 3 is 2.92 bits per heavy atom. The molecule has 1 aromatic carbocycles. The van der Waals surface area contributed by atoms with Crippen LogP contribution in [-0.2, 0) is 0 Å². The van der Waals surface area contributed by atoms with E-state index >= 15 is 0 Å². The molecule has 0 N–H and O–H groups in total. The number of allylic oxidation sites excluding steroid dienone is 2. The normalized spacial score (nSPS) is 10.2. The second-order valence-electron chi connectivity index (χ2n) is 2.37. The molecular formula is C10H8NO2. The van der Waals surface area contributed by atoms with E-state index in [0.29, 0.717) is 0 Å². The summed E-state index contributed by atoms with van der Waals surface area (Å²) in [6.07, 6.45) is 5.88. The summed E-state index contributed by atoms with van der Waals surface area (Å²) >= 11 is 0. The number of benzene rings is 1. The van der Waals surface area contributed by atoms with Gasteiger partial charge in [0.1, 0.15) is 0 Å². The lowest BCUT2D eigenvalue weighted by atomic mass is 10.2. The van der Waals surface area contributed by atoms with Gasteiger partial charge in [0.05, 0.1) is 4.92 Å². The average molecular weight is 174 g/mol. The molecule has 0 aliphatic rings. The van der Waals surface area contributed by atoms with Crippen molar-refractivity contribution in [2.45, 2.75) is 0 Å². The highest BCUT2D eigenvalue weighted by molar-refractivity contribution is 5.52. The molecule has 0 saturated carbocycles. The number of nitro benzene ring substituents is 1. The number of nitrogens with zero attached hydrogens (tertiary/aromatic N) is 1. The van der Waals surface area contributed by atoms with Gasteiger partial charge >= 0.3 is 0 Å². The zero-order valence-corrected chi connectivity index (χ0v) is 6.93. The Hall–Kier alpha value is -1.90. The molecule has 0 saturated heterocycles. The second kappa shape index (κ2) is 4.21. The first-order valence-corrected chi connectivity index (χ1v) is 3.68. The minimum atomic E-state index is -0.425. The van der Waals surface area contributed by atoms with Gasteiger partial charge in [0.2, 0.25) is 0 Å². The fourth-order valence-corrected chi connectivity index (χ4v) is 0.883. The monoisotopic (exact) mass is 174 g/mol. The second-order valence-corrected chi connectivity index (χ2v) is 2.37. The largest absolute Gasteiger partial charge is 0.270 e. The summed E-state index contributed by atoms with van der Waals surface area (Å²) in [5.41, 5.74) is 0.828. The number of non-ortho nitro benzene ring substituents is 1. The van der Waals surface area contributed by atoms with Crippen molar-refractivity contribution in [2.24, 2.45) is 0 Å². The standard InChI is InChI=1S/C10H8NO2/c1-2-3-5-9-6-4-7-10(8-9)11(12)13/h2,4-8H,1H2. The lowest BCUT2D eigenvalue weighted by Crippen LogP contribution is -1.87. The molecule has 3 nitrogen and oxygen atoms in total. The Bertz CT molecular complexity index is 356. The zero-order chi connectivity index (χ0) is 9.68. The molecule has 1 radical (unpaired) electrons. The SMILES string of the molecule is C=C/[C]=C\c1cccc([N+](=O)[O-])c1. The number of hydrogen-bond donors (Lipinski definition) is 0. The van der Waals surface area contributed by atoms with Crippen molar-refractivity contribution >= 4 is 11.8 Å². The minimum Gasteiger partial charge on any atom is -0.258 e. The third-order valence-electron chi connectivity index (χ3n) is 1.45. The molecule has 0 spiro atoms. The molecule has 0 bridgehead atoms. The summed E-state index contributed by atoms with van der Waals surface area (Å²) < 4.78 is 0. The van der Waals surface area contributed by atoms with Crippen LogP contribution >= 0.6 is 0 Å². The molecule has 0 aromatic heterocycles. The van der Waals surface area contributed by atoms with Gasteiger partial charge in [-0.15, -0.1) is 0 Å². The average Bonchev–Trinajstić information content (AvgIpc) is 2.15. The van der Waals surface area contributed by atoms with Crippen LogP contribution in [0.15, 0.2) is 36.9 Å². The van der Waals surface area contributed by atoms with E-state index in [0.717, 1.165) is 5.56 Å². The first-order valence-electron chi connectivity index (χ1n) is 3.68. The van der Waals surface area contributed by atoms with Gasteiger partial charge in [-0.05, 0) is 17.7 Å². The van der Waals surface area contributed by atoms with Crippen molar-refractivity contribution in [2.75, 3.05) is 0 Å². The van der Waals surface area contributed by atoms with Crippen LogP contribution in [0.2, 0.25) is 0 Å². The van der Waals surface area contributed by atoms with Crippen molar-refractivity contribution in [1.29, 1.82) is 0 Å². The molecule has 0 amide bonds. The van der Waals surface area contributed by atoms with Crippen LogP contribution in [0, 0.1) is 16.2 Å². The Balaban J connectivity index is 2.98. The van der Waals surface area contributed by atoms with Gasteiger partial charge in [-0.1, -0.05) is 24.8 Å². The summed E-state index contributed by atoms with van der Waals surface area (Å²) in [5.74, 6) is 0. The third kappa shape index (κ3) is 2.56. The van der Waals surface area contributed by atoms with Gasteiger partial charge in [-0.3, -0.25) is 10.1 Å². The highest BCUT2D eigenvalue weighted by Gasteiger charge is 2.02. The fraction of sp³-hybridized carbons (Fsp3) is 0. The first kappa shape index (κ1) is 9.19. The molecular weight excluding hydrogens is 166 g/mol. The van der Waals surface area contributed by atoms with E-state index in [4.69, 9.17) is 0 Å². The predicted octanol–water partition coefficient (Wildman–Crippen LogP) is 2.60. The zero-order valence-electron chi connectivity index (χ0n) is 6.93. The quantitative estimate of drug-likeness (QED) is 0.401. The molecule has 1 rings (SSSR count). The third-order valence-corrected chi connectivity index (χ3v) is 1.45. The van der Waals surface area contributed by atoms with Crippen LogP contribution in [0.25, 0.3) is 6.08 Å². The number of rotatable bonds is 3. The molecule has 0 aliphatic carbocycles. The molecule has 65 valence electrons. The molecule has 3 heteroatoms. The van der Waals surface area contributed by atoms with Gasteiger partial charge < -0.3 is 0 Å².